The Morgan fingerprint density at radius 1 is 1.21 bits per heavy atom. The molecule has 5 heteroatoms. The molecule has 72 valence electrons. The van der Waals surface area contributed by atoms with Crippen molar-refractivity contribution in [3.05, 3.63) is 30.3 Å². The Labute approximate surface area is 81.8 Å². The first-order chi connectivity index (χ1) is 6.77. The lowest BCUT2D eigenvalue weighted by atomic mass is 10.3. The lowest BCUT2D eigenvalue weighted by Gasteiger charge is -2.25. The van der Waals surface area contributed by atoms with Gasteiger partial charge in [-0.05, 0) is 12.1 Å². The van der Waals surface area contributed by atoms with Gasteiger partial charge in [-0.1, -0.05) is 18.2 Å². The summed E-state index contributed by atoms with van der Waals surface area (Å²) < 4.78 is 0. The normalized spacial score (nSPS) is 20.8. The van der Waals surface area contributed by atoms with Gasteiger partial charge in [0.15, 0.2) is 6.29 Å². The van der Waals surface area contributed by atoms with Crippen LogP contribution in [0.5, 0.6) is 0 Å². The van der Waals surface area contributed by atoms with E-state index in [9.17, 15) is 0 Å². The molecule has 14 heavy (non-hydrogen) atoms. The highest BCUT2D eigenvalue weighted by atomic mass is 15.4. The van der Waals surface area contributed by atoms with Gasteiger partial charge >= 0.3 is 0 Å². The van der Waals surface area contributed by atoms with Gasteiger partial charge in [0.25, 0.3) is 0 Å². The summed E-state index contributed by atoms with van der Waals surface area (Å²) in [6, 6.07) is 9.66. The molecule has 1 aromatic rings. The average Bonchev–Trinajstić information content (AvgIpc) is 2.19. The predicted molar refractivity (Wildman–Crippen MR) is 57.0 cm³/mol. The Bertz CT molecular complexity index is 370. The zero-order valence-electron chi connectivity index (χ0n) is 7.54. The van der Waals surface area contributed by atoms with Crippen LogP contribution in [0.2, 0.25) is 0 Å². The van der Waals surface area contributed by atoms with Gasteiger partial charge in [-0.3, -0.25) is 10.6 Å². The standard InChI is InChI=1S/C9H11N5/c10-8-12-6-14(9(11)13-8)7-4-2-1-3-5-7/h1-6,9H,11H2,(H2,10,13). The van der Waals surface area contributed by atoms with E-state index in [0.717, 1.165) is 5.69 Å². The zero-order chi connectivity index (χ0) is 9.97. The molecule has 1 unspecified atom stereocenters. The van der Waals surface area contributed by atoms with Gasteiger partial charge in [0.05, 0.1) is 0 Å². The lowest BCUT2D eigenvalue weighted by Crippen LogP contribution is -2.44. The highest BCUT2D eigenvalue weighted by Crippen LogP contribution is 2.14. The molecule has 0 radical (unpaired) electrons. The minimum atomic E-state index is -0.491. The Balaban J connectivity index is 2.26. The first-order valence-electron chi connectivity index (χ1n) is 4.24. The number of nitrogens with two attached hydrogens (primary N) is 2. The number of hydrogen-bond acceptors (Lipinski definition) is 5. The molecule has 4 N–H and O–H groups in total. The van der Waals surface area contributed by atoms with Crippen molar-refractivity contribution in [2.75, 3.05) is 4.90 Å². The number of rotatable bonds is 1. The summed E-state index contributed by atoms with van der Waals surface area (Å²) in [5.74, 6) is 0.213. The minimum Gasteiger partial charge on any atom is -0.368 e. The molecule has 5 nitrogen and oxygen atoms in total. The molecule has 2 rings (SSSR count). The maximum Gasteiger partial charge on any atom is 0.220 e. The summed E-state index contributed by atoms with van der Waals surface area (Å²) in [5.41, 5.74) is 12.1. The van der Waals surface area contributed by atoms with Crippen molar-refractivity contribution >= 4 is 18.0 Å². The topological polar surface area (TPSA) is 80.0 Å². The molecular formula is C9H11N5. The molecule has 1 heterocycles. The maximum absolute atomic E-state index is 5.77. The highest BCUT2D eigenvalue weighted by molar-refractivity contribution is 5.94. The molecule has 0 bridgehead atoms. The monoisotopic (exact) mass is 189 g/mol. The summed E-state index contributed by atoms with van der Waals surface area (Å²) in [4.78, 5) is 9.57. The summed E-state index contributed by atoms with van der Waals surface area (Å²) >= 11 is 0. The van der Waals surface area contributed by atoms with Gasteiger partial charge in [0, 0.05) is 5.69 Å². The first kappa shape index (κ1) is 8.71. The second kappa shape index (κ2) is 3.47. The molecule has 1 aromatic carbocycles. The number of para-hydroxylation sites is 1. The summed E-state index contributed by atoms with van der Waals surface area (Å²) in [6.45, 7) is 0. The Morgan fingerprint density at radius 3 is 2.57 bits per heavy atom. The van der Waals surface area contributed by atoms with Gasteiger partial charge in [-0.15, -0.1) is 0 Å². The fourth-order valence-electron chi connectivity index (χ4n) is 1.24. The van der Waals surface area contributed by atoms with Crippen LogP contribution in [0.3, 0.4) is 0 Å². The van der Waals surface area contributed by atoms with E-state index in [0.29, 0.717) is 0 Å². The van der Waals surface area contributed by atoms with E-state index in [1.54, 1.807) is 11.2 Å². The molecule has 1 atom stereocenters. The van der Waals surface area contributed by atoms with Crippen LogP contribution >= 0.6 is 0 Å². The fraction of sp³-hybridized carbons (Fsp3) is 0.111. The van der Waals surface area contributed by atoms with Crippen LogP contribution in [0.15, 0.2) is 40.3 Å². The number of aliphatic imine (C=N–C) groups is 2. The van der Waals surface area contributed by atoms with Gasteiger partial charge in [-0.2, -0.15) is 0 Å². The van der Waals surface area contributed by atoms with Crippen LogP contribution in [0, 0.1) is 0 Å². The number of nitrogens with zero attached hydrogens (tertiary/aromatic N) is 3. The number of anilines is 1. The molecule has 0 spiro atoms. The lowest BCUT2D eigenvalue weighted by molar-refractivity contribution is 0.729. The SMILES string of the molecule is NC1=NC(N)N(c2ccccc2)C=N1. The van der Waals surface area contributed by atoms with E-state index < -0.39 is 6.29 Å². The predicted octanol–water partition coefficient (Wildman–Crippen LogP) is 0.0919. The minimum absolute atomic E-state index is 0.213. The quantitative estimate of drug-likeness (QED) is 0.657. The van der Waals surface area contributed by atoms with E-state index in [-0.39, 0.29) is 5.96 Å². The summed E-state index contributed by atoms with van der Waals surface area (Å²) in [6.07, 6.45) is 1.09. The van der Waals surface area contributed by atoms with Gasteiger partial charge in [0.1, 0.15) is 6.34 Å². The van der Waals surface area contributed by atoms with E-state index in [1.165, 1.54) is 0 Å². The van der Waals surface area contributed by atoms with Crippen molar-refractivity contribution in [1.82, 2.24) is 0 Å². The first-order valence-corrected chi connectivity index (χ1v) is 4.24. The van der Waals surface area contributed by atoms with Gasteiger partial charge in [-0.25, -0.2) is 9.98 Å². The summed E-state index contributed by atoms with van der Waals surface area (Å²) in [7, 11) is 0. The summed E-state index contributed by atoms with van der Waals surface area (Å²) in [5, 5.41) is 0. The molecule has 0 saturated carbocycles. The molecule has 0 aliphatic carbocycles. The van der Waals surface area contributed by atoms with Crippen LogP contribution in [-0.2, 0) is 0 Å². The van der Waals surface area contributed by atoms with Crippen molar-refractivity contribution in [1.29, 1.82) is 0 Å². The van der Waals surface area contributed by atoms with Crippen molar-refractivity contribution in [3.8, 4) is 0 Å². The van der Waals surface area contributed by atoms with Crippen LogP contribution in [0.25, 0.3) is 0 Å². The van der Waals surface area contributed by atoms with Crippen LogP contribution < -0.4 is 16.4 Å². The Kier molecular flexibility index (Phi) is 2.16. The van der Waals surface area contributed by atoms with Crippen LogP contribution in [0.4, 0.5) is 5.69 Å². The molecule has 1 aliphatic rings. The van der Waals surface area contributed by atoms with Crippen molar-refractivity contribution < 1.29 is 0 Å². The van der Waals surface area contributed by atoms with Crippen LogP contribution in [0.1, 0.15) is 0 Å². The molecule has 0 aromatic heterocycles. The highest BCUT2D eigenvalue weighted by Gasteiger charge is 2.15. The van der Waals surface area contributed by atoms with Crippen molar-refractivity contribution in [2.45, 2.75) is 6.29 Å². The molecule has 1 aliphatic heterocycles. The van der Waals surface area contributed by atoms with Gasteiger partial charge < -0.3 is 5.73 Å². The van der Waals surface area contributed by atoms with E-state index in [4.69, 9.17) is 11.5 Å². The molecular weight excluding hydrogens is 178 g/mol. The maximum atomic E-state index is 5.77. The van der Waals surface area contributed by atoms with E-state index in [1.807, 2.05) is 30.3 Å². The van der Waals surface area contributed by atoms with Gasteiger partial charge in [0.2, 0.25) is 5.96 Å². The zero-order valence-corrected chi connectivity index (χ0v) is 7.54. The second-order valence-corrected chi connectivity index (χ2v) is 2.89. The third-order valence-corrected chi connectivity index (χ3v) is 1.92. The third-order valence-electron chi connectivity index (χ3n) is 1.92. The molecule has 0 fully saturated rings. The second-order valence-electron chi connectivity index (χ2n) is 2.89. The third kappa shape index (κ3) is 1.57. The van der Waals surface area contributed by atoms with E-state index in [2.05, 4.69) is 9.98 Å². The van der Waals surface area contributed by atoms with Crippen molar-refractivity contribution in [2.24, 2.45) is 21.5 Å². The Morgan fingerprint density at radius 2 is 1.93 bits per heavy atom. The molecule has 0 saturated heterocycles. The van der Waals surface area contributed by atoms with Crippen LogP contribution in [-0.4, -0.2) is 18.6 Å². The van der Waals surface area contributed by atoms with E-state index >= 15 is 0 Å². The molecule has 0 amide bonds. The fourth-order valence-corrected chi connectivity index (χ4v) is 1.24. The van der Waals surface area contributed by atoms with Crippen molar-refractivity contribution in [3.63, 3.8) is 0 Å². The Hall–Kier alpha value is -1.88. The number of hydrogen-bond donors (Lipinski definition) is 2. The largest absolute Gasteiger partial charge is 0.368 e. The number of guanidine groups is 1. The number of benzene rings is 1. The smallest absolute Gasteiger partial charge is 0.220 e. The average molecular weight is 189 g/mol.